The van der Waals surface area contributed by atoms with Gasteiger partial charge < -0.3 is 19.3 Å². The molecule has 0 aromatic heterocycles. The van der Waals surface area contributed by atoms with Crippen molar-refractivity contribution >= 4 is 11.8 Å². The molecule has 0 unspecified atom stereocenters. The molecule has 0 atom stereocenters. The van der Waals surface area contributed by atoms with Crippen LogP contribution < -0.4 is 14.2 Å². The van der Waals surface area contributed by atoms with Crippen LogP contribution in [0, 0.1) is 0 Å². The van der Waals surface area contributed by atoms with Crippen LogP contribution in [0.25, 0.3) is 0 Å². The van der Waals surface area contributed by atoms with Gasteiger partial charge in [0.25, 0.3) is 0 Å². The number of carbonyl (C=O) groups is 2. The monoisotopic (exact) mass is 440 g/mol. The molecule has 0 amide bonds. The fourth-order valence-corrected chi connectivity index (χ4v) is 3.79. The summed E-state index contributed by atoms with van der Waals surface area (Å²) in [6.45, 7) is 3.76. The summed E-state index contributed by atoms with van der Waals surface area (Å²) in [5.41, 5.74) is 2.65. The number of aryl methyl sites for hydroxylation is 1. The van der Waals surface area contributed by atoms with Gasteiger partial charge in [-0.05, 0) is 61.9 Å². The number of carboxylic acid groups (broad SMARTS) is 1. The number of carbonyl (C=O) groups excluding carboxylic acids is 1. The maximum atomic E-state index is 12.1. The Hall–Kier alpha value is -3.02. The first-order chi connectivity index (χ1) is 15.6. The summed E-state index contributed by atoms with van der Waals surface area (Å²) in [7, 11) is 0. The number of carboxylic acids is 1. The lowest BCUT2D eigenvalue weighted by molar-refractivity contribution is -0.136. The molecule has 2 aromatic carbocycles. The van der Waals surface area contributed by atoms with Crippen LogP contribution in [0.3, 0.4) is 0 Å². The molecule has 6 nitrogen and oxygen atoms in total. The SMILES string of the molecule is CCCc1c(OCCCCCOc2cccc(CCC(=O)O)c2)ccc2c1OCCC2=O. The number of hydrogen-bond donors (Lipinski definition) is 1. The molecule has 2 aromatic rings. The molecule has 0 fully saturated rings. The maximum absolute atomic E-state index is 12.1. The van der Waals surface area contributed by atoms with E-state index in [1.54, 1.807) is 0 Å². The lowest BCUT2D eigenvalue weighted by Crippen LogP contribution is -2.17. The Bertz CT molecular complexity index is 921. The van der Waals surface area contributed by atoms with Gasteiger partial charge in [-0.15, -0.1) is 0 Å². The first kappa shape index (κ1) is 23.6. The lowest BCUT2D eigenvalue weighted by atomic mass is 9.98. The number of unbranched alkanes of at least 4 members (excludes halogenated alkanes) is 2. The Kier molecular flexibility index (Phi) is 8.96. The van der Waals surface area contributed by atoms with Crippen LogP contribution in [0.2, 0.25) is 0 Å². The number of aliphatic carboxylic acids is 1. The lowest BCUT2D eigenvalue weighted by Gasteiger charge is -2.22. The summed E-state index contributed by atoms with van der Waals surface area (Å²) >= 11 is 0. The minimum Gasteiger partial charge on any atom is -0.494 e. The van der Waals surface area contributed by atoms with Crippen molar-refractivity contribution in [1.82, 2.24) is 0 Å². The second-order valence-corrected chi connectivity index (χ2v) is 7.99. The Balaban J connectivity index is 1.40. The summed E-state index contributed by atoms with van der Waals surface area (Å²) in [6.07, 6.45) is 5.64. The van der Waals surface area contributed by atoms with Crippen molar-refractivity contribution in [3.05, 3.63) is 53.1 Å². The molecule has 0 saturated heterocycles. The number of hydrogen-bond acceptors (Lipinski definition) is 5. The Morgan fingerprint density at radius 3 is 2.66 bits per heavy atom. The van der Waals surface area contributed by atoms with Crippen molar-refractivity contribution in [2.45, 2.75) is 58.3 Å². The van der Waals surface area contributed by atoms with Crippen LogP contribution in [-0.4, -0.2) is 36.7 Å². The van der Waals surface area contributed by atoms with E-state index in [4.69, 9.17) is 19.3 Å². The highest BCUT2D eigenvalue weighted by atomic mass is 16.5. The van der Waals surface area contributed by atoms with Crippen LogP contribution in [-0.2, 0) is 17.6 Å². The van der Waals surface area contributed by atoms with Crippen molar-refractivity contribution in [3.8, 4) is 17.2 Å². The van der Waals surface area contributed by atoms with Crippen molar-refractivity contribution in [3.63, 3.8) is 0 Å². The fraction of sp³-hybridized carbons (Fsp3) is 0.462. The van der Waals surface area contributed by atoms with Crippen LogP contribution >= 0.6 is 0 Å². The van der Waals surface area contributed by atoms with Crippen LogP contribution in [0.1, 0.15) is 66.9 Å². The molecule has 1 aliphatic heterocycles. The second-order valence-electron chi connectivity index (χ2n) is 7.99. The first-order valence-corrected chi connectivity index (χ1v) is 11.5. The summed E-state index contributed by atoms with van der Waals surface area (Å²) in [4.78, 5) is 22.9. The molecular formula is C26H32O6. The summed E-state index contributed by atoms with van der Waals surface area (Å²) in [5, 5.41) is 8.80. The van der Waals surface area contributed by atoms with Crippen molar-refractivity contribution in [2.75, 3.05) is 19.8 Å². The highest BCUT2D eigenvalue weighted by Gasteiger charge is 2.23. The molecule has 1 aliphatic rings. The van der Waals surface area contributed by atoms with E-state index in [9.17, 15) is 9.59 Å². The summed E-state index contributed by atoms with van der Waals surface area (Å²) in [5.74, 6) is 1.64. The molecule has 0 aliphatic carbocycles. The molecule has 32 heavy (non-hydrogen) atoms. The van der Waals surface area contributed by atoms with Crippen LogP contribution in [0.15, 0.2) is 36.4 Å². The normalized spacial score (nSPS) is 12.7. The molecule has 172 valence electrons. The summed E-state index contributed by atoms with van der Waals surface area (Å²) < 4.78 is 17.7. The maximum Gasteiger partial charge on any atom is 0.303 e. The zero-order valence-electron chi connectivity index (χ0n) is 18.7. The second kappa shape index (κ2) is 12.1. The third-order valence-electron chi connectivity index (χ3n) is 5.43. The van der Waals surface area contributed by atoms with Gasteiger partial charge in [-0.25, -0.2) is 0 Å². The van der Waals surface area contributed by atoms with E-state index in [0.717, 1.165) is 54.7 Å². The fourth-order valence-electron chi connectivity index (χ4n) is 3.79. The van der Waals surface area contributed by atoms with Crippen LogP contribution in [0.4, 0.5) is 0 Å². The smallest absolute Gasteiger partial charge is 0.303 e. The standard InChI is InChI=1S/C26H32O6/c1-2-7-22-24(12-11-21-23(27)14-17-32-26(21)22)31-16-5-3-4-15-30-20-9-6-8-19(18-20)10-13-25(28)29/h6,8-9,11-12,18H,2-5,7,10,13-17H2,1H3,(H,28,29). The van der Waals surface area contributed by atoms with Crippen molar-refractivity contribution in [2.24, 2.45) is 0 Å². The Morgan fingerprint density at radius 2 is 1.88 bits per heavy atom. The minimum atomic E-state index is -0.795. The van der Waals surface area contributed by atoms with E-state index < -0.39 is 5.97 Å². The Morgan fingerprint density at radius 1 is 1.06 bits per heavy atom. The number of benzene rings is 2. The van der Waals surface area contributed by atoms with Gasteiger partial charge in [0.1, 0.15) is 17.2 Å². The third-order valence-corrected chi connectivity index (χ3v) is 5.43. The quantitative estimate of drug-likeness (QED) is 0.429. The number of ketones is 1. The zero-order valence-corrected chi connectivity index (χ0v) is 18.7. The van der Waals surface area contributed by atoms with Gasteiger partial charge in [-0.2, -0.15) is 0 Å². The highest BCUT2D eigenvalue weighted by molar-refractivity contribution is 6.00. The van der Waals surface area contributed by atoms with Gasteiger partial charge in [0.15, 0.2) is 5.78 Å². The molecule has 1 heterocycles. The van der Waals surface area contributed by atoms with Gasteiger partial charge >= 0.3 is 5.97 Å². The van der Waals surface area contributed by atoms with Crippen LogP contribution in [0.5, 0.6) is 17.2 Å². The molecule has 1 N–H and O–H groups in total. The number of fused-ring (bicyclic) bond motifs is 1. The average Bonchev–Trinajstić information content (AvgIpc) is 2.79. The van der Waals surface area contributed by atoms with E-state index in [1.165, 1.54) is 0 Å². The van der Waals surface area contributed by atoms with E-state index in [2.05, 4.69) is 6.92 Å². The number of Topliss-reactive ketones (excluding diaryl/α,β-unsaturated/α-hetero) is 1. The number of ether oxygens (including phenoxy) is 3. The van der Waals surface area contributed by atoms with Gasteiger partial charge in [-0.3, -0.25) is 9.59 Å². The van der Waals surface area contributed by atoms with Gasteiger partial charge in [0.2, 0.25) is 0 Å². The predicted molar refractivity (Wildman–Crippen MR) is 122 cm³/mol. The van der Waals surface area contributed by atoms with Crippen molar-refractivity contribution in [1.29, 1.82) is 0 Å². The molecule has 0 radical (unpaired) electrons. The highest BCUT2D eigenvalue weighted by Crippen LogP contribution is 2.36. The third kappa shape index (κ3) is 6.74. The zero-order chi connectivity index (χ0) is 22.8. The van der Waals surface area contributed by atoms with E-state index in [-0.39, 0.29) is 12.2 Å². The topological polar surface area (TPSA) is 82.1 Å². The molecule has 3 rings (SSSR count). The Labute approximate surface area is 189 Å². The first-order valence-electron chi connectivity index (χ1n) is 11.5. The van der Waals surface area contributed by atoms with Gasteiger partial charge in [-0.1, -0.05) is 25.5 Å². The van der Waals surface area contributed by atoms with E-state index in [1.807, 2.05) is 36.4 Å². The van der Waals surface area contributed by atoms with E-state index in [0.29, 0.717) is 44.0 Å². The van der Waals surface area contributed by atoms with Gasteiger partial charge in [0, 0.05) is 18.4 Å². The predicted octanol–water partition coefficient (Wildman–Crippen LogP) is 5.25. The minimum absolute atomic E-state index is 0.121. The summed E-state index contributed by atoms with van der Waals surface area (Å²) in [6, 6.07) is 11.3. The van der Waals surface area contributed by atoms with Crippen molar-refractivity contribution < 1.29 is 28.9 Å². The van der Waals surface area contributed by atoms with E-state index >= 15 is 0 Å². The molecule has 0 spiro atoms. The molecule has 6 heteroatoms. The average molecular weight is 441 g/mol. The largest absolute Gasteiger partial charge is 0.494 e. The molecule has 0 saturated carbocycles. The molecular weight excluding hydrogens is 408 g/mol. The molecule has 0 bridgehead atoms. The van der Waals surface area contributed by atoms with Gasteiger partial charge in [0.05, 0.1) is 25.4 Å². The number of rotatable bonds is 13.